The van der Waals surface area contributed by atoms with Crippen molar-refractivity contribution >= 4 is 73.9 Å². The fraction of sp³-hybridized carbons (Fsp3) is 0.286. The molecule has 0 saturated carbocycles. The van der Waals surface area contributed by atoms with E-state index < -0.39 is 34.4 Å². The highest BCUT2D eigenvalue weighted by Gasteiger charge is 2.35. The zero-order valence-corrected chi connectivity index (χ0v) is 25.9. The van der Waals surface area contributed by atoms with Crippen LogP contribution in [0.2, 0.25) is 20.1 Å². The normalized spacial score (nSPS) is 12.2. The number of hydrogen-bond donors (Lipinski definition) is 1. The van der Waals surface area contributed by atoms with Crippen molar-refractivity contribution in [2.75, 3.05) is 10.8 Å². The Kier molecular flexibility index (Phi) is 11.1. The topological polar surface area (TPSA) is 86.8 Å². The first kappa shape index (κ1) is 32.0. The molecule has 1 N–H and O–H groups in total. The van der Waals surface area contributed by atoms with Crippen molar-refractivity contribution < 1.29 is 18.0 Å². The molecule has 0 fully saturated rings. The number of carbonyl (C=O) groups is 2. The van der Waals surface area contributed by atoms with Crippen LogP contribution in [0.5, 0.6) is 0 Å². The summed E-state index contributed by atoms with van der Waals surface area (Å²) in [7, 11) is -4.29. The number of nitrogens with one attached hydrogen (secondary N) is 1. The van der Waals surface area contributed by atoms with E-state index in [1.54, 1.807) is 57.2 Å². The van der Waals surface area contributed by atoms with Crippen molar-refractivity contribution in [3.05, 3.63) is 92.4 Å². The molecule has 214 valence electrons. The van der Waals surface area contributed by atoms with Crippen LogP contribution in [0.1, 0.15) is 32.8 Å². The molecule has 0 saturated heterocycles. The highest BCUT2D eigenvalue weighted by molar-refractivity contribution is 7.92. The predicted octanol–water partition coefficient (Wildman–Crippen LogP) is 6.83. The average molecular weight is 645 g/mol. The summed E-state index contributed by atoms with van der Waals surface area (Å²) in [4.78, 5) is 28.6. The fourth-order valence-corrected chi connectivity index (χ4v) is 6.46. The van der Waals surface area contributed by atoms with Gasteiger partial charge in [-0.2, -0.15) is 0 Å². The Morgan fingerprint density at radius 3 is 2.08 bits per heavy atom. The van der Waals surface area contributed by atoms with Gasteiger partial charge >= 0.3 is 0 Å². The summed E-state index contributed by atoms with van der Waals surface area (Å²) in [5, 5.41) is 3.73. The SMILES string of the molecule is CC[C@@H](C(=O)NC(C)C)N(Cc1c(Cl)cccc1Cl)C(=O)CN(c1cc(Cl)ccc1Cl)S(=O)(=O)c1ccccc1. The van der Waals surface area contributed by atoms with E-state index >= 15 is 0 Å². The number of hydrogen-bond acceptors (Lipinski definition) is 4. The standard InChI is InChI=1S/C28H29Cl4N3O4S/c1-4-25(28(37)33-18(2)3)34(16-21-22(30)11-8-12-23(21)31)27(36)17-35(26-15-19(29)13-14-24(26)32)40(38,39)20-9-6-5-7-10-20/h5-15,18,25H,4,16-17H2,1-3H3,(H,33,37)/t25-/m0/s1. The molecular formula is C28H29Cl4N3O4S. The zero-order valence-electron chi connectivity index (χ0n) is 22.1. The monoisotopic (exact) mass is 643 g/mol. The first-order valence-electron chi connectivity index (χ1n) is 12.4. The van der Waals surface area contributed by atoms with Crippen LogP contribution >= 0.6 is 46.4 Å². The van der Waals surface area contributed by atoms with Gasteiger partial charge in [-0.15, -0.1) is 0 Å². The quantitative estimate of drug-likeness (QED) is 0.248. The zero-order chi connectivity index (χ0) is 29.6. The van der Waals surface area contributed by atoms with Gasteiger partial charge < -0.3 is 10.2 Å². The highest BCUT2D eigenvalue weighted by Crippen LogP contribution is 2.34. The smallest absolute Gasteiger partial charge is 0.264 e. The fourth-order valence-electron chi connectivity index (χ4n) is 4.06. The van der Waals surface area contributed by atoms with Crippen LogP contribution < -0.4 is 9.62 Å². The minimum Gasteiger partial charge on any atom is -0.352 e. The molecule has 3 aromatic rings. The number of nitrogens with zero attached hydrogens (tertiary/aromatic N) is 2. The lowest BCUT2D eigenvalue weighted by atomic mass is 10.1. The van der Waals surface area contributed by atoms with Crippen LogP contribution in [0.25, 0.3) is 0 Å². The molecule has 12 heteroatoms. The molecule has 0 aliphatic heterocycles. The van der Waals surface area contributed by atoms with Crippen molar-refractivity contribution in [3.8, 4) is 0 Å². The molecule has 0 bridgehead atoms. The maximum absolute atomic E-state index is 14.1. The molecule has 2 amide bonds. The van der Waals surface area contributed by atoms with Gasteiger partial charge in [0.15, 0.2) is 0 Å². The second-order valence-corrected chi connectivity index (χ2v) is 12.8. The first-order chi connectivity index (χ1) is 18.9. The predicted molar refractivity (Wildman–Crippen MR) is 162 cm³/mol. The Morgan fingerprint density at radius 2 is 1.50 bits per heavy atom. The number of anilines is 1. The lowest BCUT2D eigenvalue weighted by molar-refractivity contribution is -0.140. The van der Waals surface area contributed by atoms with E-state index in [2.05, 4.69) is 5.32 Å². The van der Waals surface area contributed by atoms with Crippen molar-refractivity contribution in [3.63, 3.8) is 0 Å². The van der Waals surface area contributed by atoms with E-state index in [1.807, 2.05) is 0 Å². The summed E-state index contributed by atoms with van der Waals surface area (Å²) < 4.78 is 28.6. The van der Waals surface area contributed by atoms with Crippen LogP contribution in [0.3, 0.4) is 0 Å². The third-order valence-electron chi connectivity index (χ3n) is 5.99. The summed E-state index contributed by atoms with van der Waals surface area (Å²) in [6.45, 7) is 4.55. The summed E-state index contributed by atoms with van der Waals surface area (Å²) in [6.07, 6.45) is 0.246. The van der Waals surface area contributed by atoms with Crippen LogP contribution in [-0.4, -0.2) is 43.8 Å². The average Bonchev–Trinajstić information content (AvgIpc) is 2.90. The third kappa shape index (κ3) is 7.62. The largest absolute Gasteiger partial charge is 0.352 e. The van der Waals surface area contributed by atoms with Crippen molar-refractivity contribution in [1.82, 2.24) is 10.2 Å². The van der Waals surface area contributed by atoms with Gasteiger partial charge in [0.1, 0.15) is 12.6 Å². The summed E-state index contributed by atoms with van der Waals surface area (Å²) in [5.74, 6) is -1.07. The highest BCUT2D eigenvalue weighted by atomic mass is 35.5. The van der Waals surface area contributed by atoms with E-state index in [4.69, 9.17) is 46.4 Å². The van der Waals surface area contributed by atoms with Crippen molar-refractivity contribution in [2.24, 2.45) is 0 Å². The van der Waals surface area contributed by atoms with Gasteiger partial charge in [-0.05, 0) is 62.7 Å². The molecular weight excluding hydrogens is 616 g/mol. The van der Waals surface area contributed by atoms with Gasteiger partial charge in [0.05, 0.1) is 15.6 Å². The maximum Gasteiger partial charge on any atom is 0.264 e. The van der Waals surface area contributed by atoms with Crippen LogP contribution in [0, 0.1) is 0 Å². The van der Waals surface area contributed by atoms with Crippen molar-refractivity contribution in [2.45, 2.75) is 50.7 Å². The minimum atomic E-state index is -4.29. The molecule has 0 aliphatic carbocycles. The number of rotatable bonds is 11. The van der Waals surface area contributed by atoms with E-state index in [-0.39, 0.29) is 39.6 Å². The van der Waals surface area contributed by atoms with E-state index in [0.717, 1.165) is 4.31 Å². The van der Waals surface area contributed by atoms with Crippen LogP contribution in [-0.2, 0) is 26.2 Å². The Hall–Kier alpha value is -2.49. The molecule has 0 aliphatic rings. The lowest BCUT2D eigenvalue weighted by Gasteiger charge is -2.34. The molecule has 7 nitrogen and oxygen atoms in total. The Balaban J connectivity index is 2.14. The Morgan fingerprint density at radius 1 is 0.875 bits per heavy atom. The second-order valence-electron chi connectivity index (χ2n) is 9.23. The molecule has 3 aromatic carbocycles. The molecule has 0 spiro atoms. The first-order valence-corrected chi connectivity index (χ1v) is 15.4. The van der Waals surface area contributed by atoms with Crippen molar-refractivity contribution in [1.29, 1.82) is 0 Å². The lowest BCUT2D eigenvalue weighted by Crippen LogP contribution is -2.53. The minimum absolute atomic E-state index is 0.0155. The molecule has 3 rings (SSSR count). The molecule has 40 heavy (non-hydrogen) atoms. The molecule has 1 atom stereocenters. The third-order valence-corrected chi connectivity index (χ3v) is 9.03. The van der Waals surface area contributed by atoms with E-state index in [1.165, 1.54) is 35.2 Å². The Bertz CT molecular complexity index is 1450. The van der Waals surface area contributed by atoms with Gasteiger partial charge in [0.2, 0.25) is 11.8 Å². The summed E-state index contributed by atoms with van der Waals surface area (Å²) in [6, 6.07) is 15.8. The number of amides is 2. The maximum atomic E-state index is 14.1. The van der Waals surface area contributed by atoms with E-state index in [0.29, 0.717) is 15.6 Å². The summed E-state index contributed by atoms with van der Waals surface area (Å²) in [5.41, 5.74) is 0.440. The van der Waals surface area contributed by atoms with Gasteiger partial charge in [0, 0.05) is 33.2 Å². The number of benzene rings is 3. The van der Waals surface area contributed by atoms with Gasteiger partial charge in [-0.25, -0.2) is 8.42 Å². The number of halogens is 4. The van der Waals surface area contributed by atoms with Gasteiger partial charge in [-0.1, -0.05) is 77.6 Å². The Labute approximate surface area is 255 Å². The van der Waals surface area contributed by atoms with Crippen LogP contribution in [0.15, 0.2) is 71.6 Å². The van der Waals surface area contributed by atoms with E-state index in [9.17, 15) is 18.0 Å². The molecule has 0 unspecified atom stereocenters. The molecule has 0 aromatic heterocycles. The molecule has 0 radical (unpaired) electrons. The summed E-state index contributed by atoms with van der Waals surface area (Å²) >= 11 is 25.5. The van der Waals surface area contributed by atoms with Crippen LogP contribution in [0.4, 0.5) is 5.69 Å². The number of carbonyl (C=O) groups excluding carboxylic acids is 2. The van der Waals surface area contributed by atoms with Gasteiger partial charge in [0.25, 0.3) is 10.0 Å². The second kappa shape index (κ2) is 13.9. The van der Waals surface area contributed by atoms with Gasteiger partial charge in [-0.3, -0.25) is 13.9 Å². The number of sulfonamides is 1. The molecule has 0 heterocycles.